The third kappa shape index (κ3) is 3.66. The van der Waals surface area contributed by atoms with Crippen LogP contribution in [0.15, 0.2) is 36.4 Å². The summed E-state index contributed by atoms with van der Waals surface area (Å²) in [6.45, 7) is 2.09. The predicted octanol–water partition coefficient (Wildman–Crippen LogP) is 4.52. The van der Waals surface area contributed by atoms with Crippen LogP contribution in [0, 0.1) is 24.2 Å². The van der Waals surface area contributed by atoms with Gasteiger partial charge in [0.15, 0.2) is 5.78 Å². The zero-order valence-electron chi connectivity index (χ0n) is 14.3. The number of carbonyl (C=O) groups is 1. The first-order valence-electron chi connectivity index (χ1n) is 8.58. The number of benzene rings is 2. The number of phenolic OH excluding ortho intramolecular Hbond substituents is 1. The maximum absolute atomic E-state index is 12.5. The van der Waals surface area contributed by atoms with Crippen molar-refractivity contribution in [2.24, 2.45) is 5.92 Å². The summed E-state index contributed by atoms with van der Waals surface area (Å²) in [7, 11) is 0. The van der Waals surface area contributed by atoms with Crippen LogP contribution in [0.5, 0.6) is 11.5 Å². The number of nitrogens with zero attached hydrogens (tertiary/aromatic N) is 1. The maximum Gasteiger partial charge on any atom is 0.169 e. The third-order valence-corrected chi connectivity index (χ3v) is 4.85. The molecule has 1 aliphatic carbocycles. The summed E-state index contributed by atoms with van der Waals surface area (Å²) in [5.41, 5.74) is 2.52. The molecule has 0 heterocycles. The van der Waals surface area contributed by atoms with Crippen LogP contribution in [-0.4, -0.2) is 10.9 Å². The highest BCUT2D eigenvalue weighted by atomic mass is 16.5. The van der Waals surface area contributed by atoms with Gasteiger partial charge in [0, 0.05) is 11.5 Å². The zero-order chi connectivity index (χ0) is 17.8. The van der Waals surface area contributed by atoms with Crippen molar-refractivity contribution in [1.29, 1.82) is 5.26 Å². The molecule has 4 nitrogen and oxygen atoms in total. The summed E-state index contributed by atoms with van der Waals surface area (Å²) < 4.78 is 5.78. The normalized spacial score (nSPS) is 14.2. The third-order valence-electron chi connectivity index (χ3n) is 4.85. The quantitative estimate of drug-likeness (QED) is 0.815. The lowest BCUT2D eigenvalue weighted by molar-refractivity contribution is 0.0920. The molecule has 0 aliphatic heterocycles. The molecule has 1 aliphatic rings. The second kappa shape index (κ2) is 7.40. The van der Waals surface area contributed by atoms with Gasteiger partial charge in [0.25, 0.3) is 0 Å². The molecule has 0 bridgehead atoms. The van der Waals surface area contributed by atoms with Gasteiger partial charge < -0.3 is 9.84 Å². The van der Waals surface area contributed by atoms with Gasteiger partial charge in [-0.25, -0.2) is 0 Å². The average molecular weight is 335 g/mol. The van der Waals surface area contributed by atoms with Crippen LogP contribution in [0.4, 0.5) is 0 Å². The molecule has 1 saturated carbocycles. The molecule has 0 atom stereocenters. The summed E-state index contributed by atoms with van der Waals surface area (Å²) in [5.74, 6) is 0.659. The standard InChI is InChI=1S/C21H21NO3/c1-14-19(25-13-16-8-6-15(12-22)7-9-16)11-10-18(20(14)23)21(24)17-4-2-3-5-17/h6-11,17,23H,2-5,13H2,1H3. The van der Waals surface area contributed by atoms with E-state index < -0.39 is 0 Å². The van der Waals surface area contributed by atoms with Gasteiger partial charge in [0.2, 0.25) is 0 Å². The Kier molecular flexibility index (Phi) is 5.04. The number of aromatic hydroxyl groups is 1. The van der Waals surface area contributed by atoms with Crippen LogP contribution in [0.1, 0.15) is 52.7 Å². The monoisotopic (exact) mass is 335 g/mol. The Morgan fingerprint density at radius 2 is 1.88 bits per heavy atom. The number of rotatable bonds is 5. The van der Waals surface area contributed by atoms with Crippen molar-refractivity contribution in [3.05, 3.63) is 58.7 Å². The van der Waals surface area contributed by atoms with Crippen molar-refractivity contribution in [2.75, 3.05) is 0 Å². The fraction of sp³-hybridized carbons (Fsp3) is 0.333. The van der Waals surface area contributed by atoms with Gasteiger partial charge in [-0.3, -0.25) is 4.79 Å². The lowest BCUT2D eigenvalue weighted by atomic mass is 9.94. The van der Waals surface area contributed by atoms with Crippen molar-refractivity contribution in [3.63, 3.8) is 0 Å². The lowest BCUT2D eigenvalue weighted by Crippen LogP contribution is -2.11. The van der Waals surface area contributed by atoms with E-state index >= 15 is 0 Å². The maximum atomic E-state index is 12.5. The Labute approximate surface area is 147 Å². The number of nitriles is 1. The molecule has 25 heavy (non-hydrogen) atoms. The van der Waals surface area contributed by atoms with Gasteiger partial charge in [-0.05, 0) is 49.6 Å². The number of phenols is 1. The molecule has 1 N–H and O–H groups in total. The molecule has 0 saturated heterocycles. The smallest absolute Gasteiger partial charge is 0.169 e. The first-order valence-corrected chi connectivity index (χ1v) is 8.58. The largest absolute Gasteiger partial charge is 0.507 e. The Balaban J connectivity index is 1.73. The fourth-order valence-corrected chi connectivity index (χ4v) is 3.28. The Hall–Kier alpha value is -2.80. The SMILES string of the molecule is Cc1c(OCc2ccc(C#N)cc2)ccc(C(=O)C2CCCC2)c1O. The van der Waals surface area contributed by atoms with Gasteiger partial charge in [-0.15, -0.1) is 0 Å². The zero-order valence-corrected chi connectivity index (χ0v) is 14.3. The molecule has 0 radical (unpaired) electrons. The van der Waals surface area contributed by atoms with Crippen molar-refractivity contribution < 1.29 is 14.6 Å². The number of Topliss-reactive ketones (excluding diaryl/α,β-unsaturated/α-hetero) is 1. The van der Waals surface area contributed by atoms with Crippen LogP contribution < -0.4 is 4.74 Å². The molecule has 0 spiro atoms. The van der Waals surface area contributed by atoms with E-state index in [9.17, 15) is 9.90 Å². The Bertz CT molecular complexity index is 812. The van der Waals surface area contributed by atoms with Gasteiger partial charge >= 0.3 is 0 Å². The van der Waals surface area contributed by atoms with Crippen molar-refractivity contribution >= 4 is 5.78 Å². The molecule has 2 aromatic carbocycles. The minimum absolute atomic E-state index is 0.0224. The molecule has 3 rings (SSSR count). The van der Waals surface area contributed by atoms with Crippen LogP contribution in [0.25, 0.3) is 0 Å². The molecule has 2 aromatic rings. The molecule has 0 unspecified atom stereocenters. The van der Waals surface area contributed by atoms with E-state index in [1.165, 1.54) is 0 Å². The summed E-state index contributed by atoms with van der Waals surface area (Å²) in [6, 6.07) is 12.7. The number of ketones is 1. The molecule has 0 aromatic heterocycles. The molecule has 4 heteroatoms. The van der Waals surface area contributed by atoms with Gasteiger partial charge in [0.05, 0.1) is 17.2 Å². The highest BCUT2D eigenvalue weighted by Crippen LogP contribution is 2.35. The molecular weight excluding hydrogens is 314 g/mol. The van der Waals surface area contributed by atoms with Gasteiger partial charge in [-0.1, -0.05) is 25.0 Å². The number of hydrogen-bond acceptors (Lipinski definition) is 4. The van der Waals surface area contributed by atoms with Crippen LogP contribution in [0.3, 0.4) is 0 Å². The highest BCUT2D eigenvalue weighted by molar-refractivity contribution is 6.01. The molecule has 0 amide bonds. The van der Waals surface area contributed by atoms with Crippen LogP contribution in [-0.2, 0) is 6.61 Å². The van der Waals surface area contributed by atoms with Crippen molar-refractivity contribution in [1.82, 2.24) is 0 Å². The summed E-state index contributed by atoms with van der Waals surface area (Å²) in [6.07, 6.45) is 3.99. The molecule has 128 valence electrons. The number of ether oxygens (including phenoxy) is 1. The van der Waals surface area contributed by atoms with E-state index in [0.29, 0.717) is 29.0 Å². The highest BCUT2D eigenvalue weighted by Gasteiger charge is 2.26. The predicted molar refractivity (Wildman–Crippen MR) is 94.6 cm³/mol. The Morgan fingerprint density at radius 3 is 2.52 bits per heavy atom. The van der Waals surface area contributed by atoms with Gasteiger partial charge in [0.1, 0.15) is 18.1 Å². The summed E-state index contributed by atoms with van der Waals surface area (Å²) >= 11 is 0. The minimum Gasteiger partial charge on any atom is -0.507 e. The fourth-order valence-electron chi connectivity index (χ4n) is 3.28. The van der Waals surface area contributed by atoms with E-state index in [4.69, 9.17) is 10.00 Å². The average Bonchev–Trinajstić information content (AvgIpc) is 3.17. The van der Waals surface area contributed by atoms with E-state index in [0.717, 1.165) is 31.2 Å². The second-order valence-electron chi connectivity index (χ2n) is 6.53. The minimum atomic E-state index is 0.0224. The Morgan fingerprint density at radius 1 is 1.20 bits per heavy atom. The van der Waals surface area contributed by atoms with Crippen molar-refractivity contribution in [3.8, 4) is 17.6 Å². The topological polar surface area (TPSA) is 70.3 Å². The first-order chi connectivity index (χ1) is 12.1. The van der Waals surface area contributed by atoms with Crippen molar-refractivity contribution in [2.45, 2.75) is 39.2 Å². The van der Waals surface area contributed by atoms with Crippen LogP contribution >= 0.6 is 0 Å². The summed E-state index contributed by atoms with van der Waals surface area (Å²) in [5, 5.41) is 19.3. The number of carbonyl (C=O) groups excluding carboxylic acids is 1. The van der Waals surface area contributed by atoms with E-state index in [1.807, 2.05) is 12.1 Å². The molecule has 1 fully saturated rings. The van der Waals surface area contributed by atoms with E-state index in [1.54, 1.807) is 31.2 Å². The first kappa shape index (κ1) is 17.0. The van der Waals surface area contributed by atoms with Crippen LogP contribution in [0.2, 0.25) is 0 Å². The van der Waals surface area contributed by atoms with Gasteiger partial charge in [-0.2, -0.15) is 5.26 Å². The van der Waals surface area contributed by atoms with E-state index in [2.05, 4.69) is 6.07 Å². The summed E-state index contributed by atoms with van der Waals surface area (Å²) in [4.78, 5) is 12.5. The second-order valence-corrected chi connectivity index (χ2v) is 6.53. The number of hydrogen-bond donors (Lipinski definition) is 1. The van der Waals surface area contributed by atoms with E-state index in [-0.39, 0.29) is 17.5 Å². The molecular formula is C21H21NO3. The lowest BCUT2D eigenvalue weighted by Gasteiger charge is -2.15.